The minimum Gasteiger partial charge on any atom is -0.311 e. The second-order valence-corrected chi connectivity index (χ2v) is 22.4. The van der Waals surface area contributed by atoms with Gasteiger partial charge in [0.2, 0.25) is 20.1 Å². The summed E-state index contributed by atoms with van der Waals surface area (Å²) in [7, 11) is 0. The fraction of sp³-hybridized carbons (Fsp3) is 0.0400. The molecule has 0 amide bonds. The van der Waals surface area contributed by atoms with Crippen LogP contribution < -0.4 is 63.9 Å². The molecular weight excluding hydrogens is 975 g/mol. The first-order chi connectivity index (χ1) is 40.0. The molecule has 6 heteroatoms. The maximum Gasteiger partial charge on any atom is 0.248 e. The SMILES string of the molecule is Cc1cc2c3c(c1)N(c1ccccc1)c1ccccc1B3c1ccccc1-2.Cc1ccc2c3c1N(c1ccccc1)c1ccccc1B3c1ccccc1-2.Cc1ccccc1N1c2ccccc2B2c3ccccc3-c3cccc1c32. The molecule has 0 saturated carbocycles. The third-order valence-corrected chi connectivity index (χ3v) is 17.9. The number of hydrogen-bond donors (Lipinski definition) is 0. The monoisotopic (exact) mass is 1030 g/mol. The third-order valence-electron chi connectivity index (χ3n) is 17.9. The summed E-state index contributed by atoms with van der Waals surface area (Å²) in [5.41, 5.74) is 36.5. The zero-order valence-corrected chi connectivity index (χ0v) is 45.6. The summed E-state index contributed by atoms with van der Waals surface area (Å²) in [5.74, 6) is 0. The number of rotatable bonds is 3. The molecule has 3 nitrogen and oxygen atoms in total. The fourth-order valence-corrected chi connectivity index (χ4v) is 14.7. The first kappa shape index (κ1) is 47.3. The van der Waals surface area contributed by atoms with Gasteiger partial charge in [0.1, 0.15) is 0 Å². The number of fused-ring (bicyclic) bond motifs is 15. The Hall–Kier alpha value is -9.77. The van der Waals surface area contributed by atoms with Crippen molar-refractivity contribution in [3.63, 3.8) is 0 Å². The molecule has 6 aliphatic heterocycles. The Morgan fingerprint density at radius 3 is 1.20 bits per heavy atom. The number of para-hydroxylation sites is 6. The lowest BCUT2D eigenvalue weighted by atomic mass is 9.37. The fourth-order valence-electron chi connectivity index (χ4n) is 14.7. The highest BCUT2D eigenvalue weighted by atomic mass is 15.2. The number of benzene rings is 12. The largest absolute Gasteiger partial charge is 0.311 e. The lowest BCUT2D eigenvalue weighted by molar-refractivity contribution is 1.26. The third kappa shape index (κ3) is 7.12. The van der Waals surface area contributed by atoms with Crippen LogP contribution in [0, 0.1) is 20.8 Å². The van der Waals surface area contributed by atoms with Crippen molar-refractivity contribution in [2.75, 3.05) is 14.7 Å². The number of anilines is 9. The van der Waals surface area contributed by atoms with Crippen LogP contribution in [0.25, 0.3) is 33.4 Å². The Kier molecular flexibility index (Phi) is 10.9. The van der Waals surface area contributed by atoms with Crippen LogP contribution in [0.3, 0.4) is 0 Å². The number of aryl methyl sites for hydroxylation is 3. The highest BCUT2D eigenvalue weighted by Crippen LogP contribution is 2.45. The van der Waals surface area contributed by atoms with Crippen molar-refractivity contribution in [2.24, 2.45) is 0 Å². The van der Waals surface area contributed by atoms with Crippen molar-refractivity contribution in [1.29, 1.82) is 0 Å². The van der Waals surface area contributed by atoms with E-state index in [1.54, 1.807) is 0 Å². The molecule has 0 atom stereocenters. The molecule has 0 aliphatic carbocycles. The summed E-state index contributed by atoms with van der Waals surface area (Å²) >= 11 is 0. The lowest BCUT2D eigenvalue weighted by Gasteiger charge is -2.37. The van der Waals surface area contributed by atoms with E-state index in [2.05, 4.69) is 308 Å². The van der Waals surface area contributed by atoms with Crippen LogP contribution in [-0.2, 0) is 0 Å². The summed E-state index contributed by atoms with van der Waals surface area (Å²) < 4.78 is 0. The topological polar surface area (TPSA) is 9.72 Å². The van der Waals surface area contributed by atoms with Gasteiger partial charge in [-0.1, -0.05) is 229 Å². The van der Waals surface area contributed by atoms with E-state index in [9.17, 15) is 0 Å². The molecule has 0 radical (unpaired) electrons. The van der Waals surface area contributed by atoms with Crippen molar-refractivity contribution in [3.05, 3.63) is 290 Å². The van der Waals surface area contributed by atoms with Gasteiger partial charge in [-0.25, -0.2) is 0 Å². The van der Waals surface area contributed by atoms with Gasteiger partial charge >= 0.3 is 0 Å². The number of hydrogen-bond acceptors (Lipinski definition) is 3. The summed E-state index contributed by atoms with van der Waals surface area (Å²) in [4.78, 5) is 7.33. The van der Waals surface area contributed by atoms with Crippen LogP contribution in [0.5, 0.6) is 0 Å². The molecule has 6 heterocycles. The smallest absolute Gasteiger partial charge is 0.248 e. The Morgan fingerprint density at radius 1 is 0.235 bits per heavy atom. The molecular formula is C75H54B3N3. The van der Waals surface area contributed by atoms with Gasteiger partial charge in [-0.15, -0.1) is 0 Å². The lowest BCUT2D eigenvalue weighted by Crippen LogP contribution is -2.54. The van der Waals surface area contributed by atoms with E-state index in [4.69, 9.17) is 0 Å². The molecule has 378 valence electrons. The summed E-state index contributed by atoms with van der Waals surface area (Å²) in [6.07, 6.45) is 0. The predicted molar refractivity (Wildman–Crippen MR) is 348 cm³/mol. The molecule has 12 aromatic carbocycles. The quantitative estimate of drug-likeness (QED) is 0.163. The highest BCUT2D eigenvalue weighted by Gasteiger charge is 2.45. The standard InChI is InChI=1S/3C25H18BN/c1-17-9-2-6-14-22(17)27-23-15-7-5-13-21(23)26-20-12-4-3-10-18(20)19-11-8-16-24(27)25(19)26;1-17-15-20-19-11-5-6-12-21(19)26-22-13-7-8-14-23(22)27(24(16-17)25(20)26)18-9-3-2-4-10-18;1-17-15-16-20-19-11-5-6-12-21(19)26-22-13-7-8-14-23(22)27(25(17)24(20)26)18-9-3-2-4-10-18/h3*2-16H,1H3. The second-order valence-electron chi connectivity index (χ2n) is 22.4. The Balaban J connectivity index is 0.000000100. The minimum atomic E-state index is 0.322. The van der Waals surface area contributed by atoms with Crippen molar-refractivity contribution in [3.8, 4) is 33.4 Å². The normalized spacial score (nSPS) is 13.2. The molecule has 12 aromatic rings. The zero-order valence-electron chi connectivity index (χ0n) is 45.6. The van der Waals surface area contributed by atoms with Crippen molar-refractivity contribution in [2.45, 2.75) is 20.8 Å². The minimum absolute atomic E-state index is 0.322. The van der Waals surface area contributed by atoms with Crippen LogP contribution >= 0.6 is 0 Å². The molecule has 0 bridgehead atoms. The molecule has 0 aromatic heterocycles. The van der Waals surface area contributed by atoms with E-state index in [1.165, 1.54) is 150 Å². The van der Waals surface area contributed by atoms with Crippen molar-refractivity contribution >= 4 is 120 Å². The molecule has 18 rings (SSSR count). The maximum absolute atomic E-state index is 2.45. The maximum atomic E-state index is 2.45. The van der Waals surface area contributed by atoms with Crippen molar-refractivity contribution < 1.29 is 0 Å². The molecule has 0 fully saturated rings. The highest BCUT2D eigenvalue weighted by molar-refractivity contribution is 7.03. The predicted octanol–water partition coefficient (Wildman–Crippen LogP) is 12.8. The van der Waals surface area contributed by atoms with Crippen LogP contribution in [0.2, 0.25) is 0 Å². The van der Waals surface area contributed by atoms with Gasteiger partial charge in [0, 0.05) is 51.2 Å². The van der Waals surface area contributed by atoms with Gasteiger partial charge in [0.15, 0.2) is 0 Å². The van der Waals surface area contributed by atoms with Gasteiger partial charge in [-0.2, -0.15) is 0 Å². The van der Waals surface area contributed by atoms with E-state index in [-0.39, 0.29) is 0 Å². The first-order valence-corrected chi connectivity index (χ1v) is 28.5. The van der Waals surface area contributed by atoms with Crippen LogP contribution in [0.1, 0.15) is 16.7 Å². The summed E-state index contributed by atoms with van der Waals surface area (Å²) in [6.45, 7) is 7.60. The average Bonchev–Trinajstić information content (AvgIpc) is 4.39. The van der Waals surface area contributed by atoms with E-state index >= 15 is 0 Å². The van der Waals surface area contributed by atoms with Crippen LogP contribution in [0.4, 0.5) is 51.2 Å². The molecule has 0 saturated heterocycles. The second kappa shape index (κ2) is 18.7. The Morgan fingerprint density at radius 2 is 0.630 bits per heavy atom. The zero-order chi connectivity index (χ0) is 53.9. The van der Waals surface area contributed by atoms with Gasteiger partial charge in [0.05, 0.1) is 0 Å². The van der Waals surface area contributed by atoms with Gasteiger partial charge in [0.25, 0.3) is 0 Å². The molecule has 0 unspecified atom stereocenters. The molecule has 81 heavy (non-hydrogen) atoms. The molecule has 0 spiro atoms. The Bertz CT molecular complexity index is 4470. The van der Waals surface area contributed by atoms with E-state index < -0.39 is 0 Å². The first-order valence-electron chi connectivity index (χ1n) is 28.5. The number of nitrogens with zero attached hydrogens (tertiary/aromatic N) is 3. The van der Waals surface area contributed by atoms with Gasteiger partial charge < -0.3 is 14.7 Å². The average molecular weight is 1030 g/mol. The van der Waals surface area contributed by atoms with Gasteiger partial charge in [-0.05, 0) is 164 Å². The molecule has 0 N–H and O–H groups in total. The van der Waals surface area contributed by atoms with Crippen LogP contribution in [-0.4, -0.2) is 20.1 Å². The molecule has 6 aliphatic rings. The summed E-state index contributed by atoms with van der Waals surface area (Å²) in [5, 5.41) is 0. The van der Waals surface area contributed by atoms with Crippen molar-refractivity contribution in [1.82, 2.24) is 0 Å². The summed E-state index contributed by atoms with van der Waals surface area (Å²) in [6, 6.07) is 99.5. The van der Waals surface area contributed by atoms with E-state index in [0.29, 0.717) is 20.1 Å². The van der Waals surface area contributed by atoms with E-state index in [1.807, 2.05) is 0 Å². The van der Waals surface area contributed by atoms with Gasteiger partial charge in [-0.3, -0.25) is 0 Å². The Labute approximate surface area is 476 Å². The van der Waals surface area contributed by atoms with Crippen LogP contribution in [0.15, 0.2) is 273 Å². The van der Waals surface area contributed by atoms with E-state index in [0.717, 1.165) is 0 Å².